The molecule has 0 spiro atoms. The topological polar surface area (TPSA) is 41.6 Å². The number of rotatable bonds is 6. The SMILES string of the molecule is COC[C@@H](C)NC(=O)c1ccc(CN2CCCC2)cc1. The zero-order valence-electron chi connectivity index (χ0n) is 12.4. The second-order valence-corrected chi connectivity index (χ2v) is 5.51. The van der Waals surface area contributed by atoms with E-state index in [4.69, 9.17) is 4.74 Å². The van der Waals surface area contributed by atoms with Crippen LogP contribution in [-0.2, 0) is 11.3 Å². The summed E-state index contributed by atoms with van der Waals surface area (Å²) in [5, 5.41) is 2.92. The monoisotopic (exact) mass is 276 g/mol. The van der Waals surface area contributed by atoms with Gasteiger partial charge in [0, 0.05) is 25.3 Å². The molecule has 1 aromatic rings. The maximum atomic E-state index is 12.0. The van der Waals surface area contributed by atoms with Gasteiger partial charge >= 0.3 is 0 Å². The number of likely N-dealkylation sites (tertiary alicyclic amines) is 1. The third-order valence-corrected chi connectivity index (χ3v) is 3.62. The molecule has 110 valence electrons. The minimum absolute atomic E-state index is 0.0248. The molecule has 1 aromatic carbocycles. The van der Waals surface area contributed by atoms with Crippen LogP contribution in [0.3, 0.4) is 0 Å². The molecule has 0 aromatic heterocycles. The van der Waals surface area contributed by atoms with E-state index in [9.17, 15) is 4.79 Å². The van der Waals surface area contributed by atoms with E-state index < -0.39 is 0 Å². The smallest absolute Gasteiger partial charge is 0.251 e. The van der Waals surface area contributed by atoms with Crippen LogP contribution in [0.1, 0.15) is 35.7 Å². The highest BCUT2D eigenvalue weighted by Gasteiger charge is 2.13. The van der Waals surface area contributed by atoms with Gasteiger partial charge in [-0.3, -0.25) is 9.69 Å². The minimum Gasteiger partial charge on any atom is -0.383 e. The van der Waals surface area contributed by atoms with E-state index >= 15 is 0 Å². The van der Waals surface area contributed by atoms with Crippen LogP contribution in [-0.4, -0.2) is 43.7 Å². The summed E-state index contributed by atoms with van der Waals surface area (Å²) in [7, 11) is 1.63. The van der Waals surface area contributed by atoms with Gasteiger partial charge in [0.1, 0.15) is 0 Å². The Kier molecular flexibility index (Phi) is 5.56. The number of benzene rings is 1. The molecule has 20 heavy (non-hydrogen) atoms. The van der Waals surface area contributed by atoms with Gasteiger partial charge in [0.05, 0.1) is 6.61 Å². The highest BCUT2D eigenvalue weighted by molar-refractivity contribution is 5.94. The van der Waals surface area contributed by atoms with Crippen LogP contribution >= 0.6 is 0 Å². The van der Waals surface area contributed by atoms with Gasteiger partial charge < -0.3 is 10.1 Å². The molecular weight excluding hydrogens is 252 g/mol. The Bertz CT molecular complexity index is 425. The number of ether oxygens (including phenoxy) is 1. The van der Waals surface area contributed by atoms with Gasteiger partial charge in [-0.1, -0.05) is 12.1 Å². The van der Waals surface area contributed by atoms with Crippen molar-refractivity contribution >= 4 is 5.91 Å². The van der Waals surface area contributed by atoms with Crippen molar-refractivity contribution in [2.45, 2.75) is 32.4 Å². The summed E-state index contributed by atoms with van der Waals surface area (Å²) in [6.07, 6.45) is 2.61. The Morgan fingerprint density at radius 2 is 1.95 bits per heavy atom. The molecule has 4 nitrogen and oxygen atoms in total. The Morgan fingerprint density at radius 1 is 1.30 bits per heavy atom. The fourth-order valence-electron chi connectivity index (χ4n) is 2.56. The van der Waals surface area contributed by atoms with Gasteiger partial charge in [0.15, 0.2) is 0 Å². The maximum Gasteiger partial charge on any atom is 0.251 e. The quantitative estimate of drug-likeness (QED) is 0.864. The summed E-state index contributed by atoms with van der Waals surface area (Å²) >= 11 is 0. The molecule has 1 fully saturated rings. The molecule has 1 atom stereocenters. The molecule has 0 radical (unpaired) electrons. The van der Waals surface area contributed by atoms with Crippen LogP contribution in [0.25, 0.3) is 0 Å². The van der Waals surface area contributed by atoms with Gasteiger partial charge in [-0.25, -0.2) is 0 Å². The predicted molar refractivity (Wildman–Crippen MR) is 79.8 cm³/mol. The fraction of sp³-hybridized carbons (Fsp3) is 0.562. The van der Waals surface area contributed by atoms with Crippen molar-refractivity contribution in [1.82, 2.24) is 10.2 Å². The molecular formula is C16H24N2O2. The Morgan fingerprint density at radius 3 is 2.55 bits per heavy atom. The third-order valence-electron chi connectivity index (χ3n) is 3.62. The first-order valence-corrected chi connectivity index (χ1v) is 7.30. The average Bonchev–Trinajstić information content (AvgIpc) is 2.92. The lowest BCUT2D eigenvalue weighted by Crippen LogP contribution is -2.35. The first-order valence-electron chi connectivity index (χ1n) is 7.30. The van der Waals surface area contributed by atoms with Crippen molar-refractivity contribution in [3.05, 3.63) is 35.4 Å². The van der Waals surface area contributed by atoms with Crippen LogP contribution in [0.5, 0.6) is 0 Å². The lowest BCUT2D eigenvalue weighted by atomic mass is 10.1. The van der Waals surface area contributed by atoms with E-state index in [0.29, 0.717) is 12.2 Å². The van der Waals surface area contributed by atoms with Crippen LogP contribution < -0.4 is 5.32 Å². The van der Waals surface area contributed by atoms with Crippen molar-refractivity contribution in [3.8, 4) is 0 Å². The summed E-state index contributed by atoms with van der Waals surface area (Å²) in [5.74, 6) is -0.0396. The molecule has 1 aliphatic heterocycles. The van der Waals surface area contributed by atoms with Crippen LogP contribution in [0.2, 0.25) is 0 Å². The molecule has 1 amide bonds. The number of carbonyl (C=O) groups is 1. The Labute approximate surface area is 121 Å². The molecule has 2 rings (SSSR count). The van der Waals surface area contributed by atoms with Gasteiger partial charge in [0.2, 0.25) is 0 Å². The number of carbonyl (C=O) groups excluding carboxylic acids is 1. The average molecular weight is 276 g/mol. The Hall–Kier alpha value is -1.39. The zero-order chi connectivity index (χ0) is 14.4. The largest absolute Gasteiger partial charge is 0.383 e. The fourth-order valence-corrected chi connectivity index (χ4v) is 2.56. The predicted octanol–water partition coefficient (Wildman–Crippen LogP) is 2.05. The molecule has 1 saturated heterocycles. The molecule has 4 heteroatoms. The van der Waals surface area contributed by atoms with Crippen LogP contribution in [0.15, 0.2) is 24.3 Å². The highest BCUT2D eigenvalue weighted by atomic mass is 16.5. The lowest BCUT2D eigenvalue weighted by molar-refractivity contribution is 0.0905. The summed E-state index contributed by atoms with van der Waals surface area (Å²) in [6.45, 7) is 5.83. The van der Waals surface area contributed by atoms with Gasteiger partial charge in [-0.05, 0) is 50.6 Å². The second-order valence-electron chi connectivity index (χ2n) is 5.51. The van der Waals surface area contributed by atoms with Gasteiger partial charge in [0.25, 0.3) is 5.91 Å². The van der Waals surface area contributed by atoms with E-state index in [1.165, 1.54) is 31.5 Å². The number of amides is 1. The summed E-state index contributed by atoms with van der Waals surface area (Å²) in [5.41, 5.74) is 1.98. The first-order chi connectivity index (χ1) is 9.69. The standard InChI is InChI=1S/C16H24N2O2/c1-13(12-20-2)17-16(19)15-7-5-14(6-8-15)11-18-9-3-4-10-18/h5-8,13H,3-4,9-12H2,1-2H3,(H,17,19)/t13-/m1/s1. The minimum atomic E-state index is -0.0396. The number of hydrogen-bond acceptors (Lipinski definition) is 3. The van der Waals surface area contributed by atoms with Crippen molar-refractivity contribution in [3.63, 3.8) is 0 Å². The molecule has 0 saturated carbocycles. The Balaban J connectivity index is 1.88. The van der Waals surface area contributed by atoms with E-state index in [0.717, 1.165) is 6.54 Å². The van der Waals surface area contributed by atoms with E-state index in [1.54, 1.807) is 7.11 Å². The van der Waals surface area contributed by atoms with Crippen LogP contribution in [0.4, 0.5) is 0 Å². The molecule has 1 N–H and O–H groups in total. The molecule has 0 bridgehead atoms. The molecule has 1 heterocycles. The van der Waals surface area contributed by atoms with Crippen molar-refractivity contribution < 1.29 is 9.53 Å². The number of nitrogens with zero attached hydrogens (tertiary/aromatic N) is 1. The van der Waals surface area contributed by atoms with E-state index in [-0.39, 0.29) is 11.9 Å². The van der Waals surface area contributed by atoms with Crippen molar-refractivity contribution in [2.75, 3.05) is 26.8 Å². The van der Waals surface area contributed by atoms with Crippen molar-refractivity contribution in [2.24, 2.45) is 0 Å². The lowest BCUT2D eigenvalue weighted by Gasteiger charge is -2.15. The van der Waals surface area contributed by atoms with Crippen LogP contribution in [0, 0.1) is 0 Å². The normalized spacial score (nSPS) is 17.1. The number of hydrogen-bond donors (Lipinski definition) is 1. The molecule has 1 aliphatic rings. The van der Waals surface area contributed by atoms with E-state index in [1.807, 2.05) is 31.2 Å². The zero-order valence-corrected chi connectivity index (χ0v) is 12.4. The first kappa shape index (κ1) is 15.0. The maximum absolute atomic E-state index is 12.0. The number of nitrogens with one attached hydrogen (secondary N) is 1. The van der Waals surface area contributed by atoms with Crippen molar-refractivity contribution in [1.29, 1.82) is 0 Å². The molecule has 0 unspecified atom stereocenters. The summed E-state index contributed by atoms with van der Waals surface area (Å²) in [4.78, 5) is 14.5. The second kappa shape index (κ2) is 7.41. The van der Waals surface area contributed by atoms with Gasteiger partial charge in [-0.2, -0.15) is 0 Å². The van der Waals surface area contributed by atoms with E-state index in [2.05, 4.69) is 10.2 Å². The summed E-state index contributed by atoms with van der Waals surface area (Å²) < 4.78 is 5.01. The summed E-state index contributed by atoms with van der Waals surface area (Å²) in [6, 6.07) is 7.93. The number of methoxy groups -OCH3 is 1. The molecule has 0 aliphatic carbocycles. The highest BCUT2D eigenvalue weighted by Crippen LogP contribution is 2.13. The van der Waals surface area contributed by atoms with Gasteiger partial charge in [-0.15, -0.1) is 0 Å². The third kappa shape index (κ3) is 4.32.